The summed E-state index contributed by atoms with van der Waals surface area (Å²) < 4.78 is 26.8. The van der Waals surface area contributed by atoms with E-state index in [1.807, 2.05) is 0 Å². The summed E-state index contributed by atoms with van der Waals surface area (Å²) in [6.07, 6.45) is 8.26. The molecule has 1 unspecified atom stereocenters. The molecule has 4 fully saturated rings. The predicted octanol–water partition coefficient (Wildman–Crippen LogP) is 2.84. The Hall–Kier alpha value is -1.89. The standard InChI is InChI=1S/C22H29N3O3S/c1-14(22-11-15-8-16(12-22)10-17(9-15)13-22)24-20(26)6-7-23-21-18-4-2-3-5-19(18)29(27,28)25-21/h2-5,14-17H,6-13H2,1H3,(H,23,25)(H,24,26). The summed E-state index contributed by atoms with van der Waals surface area (Å²) in [5.74, 6) is 2.93. The van der Waals surface area contributed by atoms with Crippen LogP contribution < -0.4 is 10.0 Å². The van der Waals surface area contributed by atoms with Gasteiger partial charge in [0.15, 0.2) is 0 Å². The van der Waals surface area contributed by atoms with Crippen molar-refractivity contribution in [2.24, 2.45) is 28.2 Å². The van der Waals surface area contributed by atoms with Crippen LogP contribution in [0.25, 0.3) is 0 Å². The Morgan fingerprint density at radius 1 is 1.17 bits per heavy atom. The number of carbonyl (C=O) groups is 1. The molecular weight excluding hydrogens is 386 g/mol. The minimum absolute atomic E-state index is 0.00624. The van der Waals surface area contributed by atoms with Crippen molar-refractivity contribution >= 4 is 21.8 Å². The Kier molecular flexibility index (Phi) is 4.49. The Bertz CT molecular complexity index is 934. The van der Waals surface area contributed by atoms with E-state index in [-0.39, 0.29) is 35.2 Å². The molecule has 0 aromatic heterocycles. The third-order valence-corrected chi connectivity index (χ3v) is 9.05. The lowest BCUT2D eigenvalue weighted by atomic mass is 9.48. The molecule has 5 aliphatic rings. The molecule has 1 atom stereocenters. The molecule has 1 amide bonds. The number of carbonyl (C=O) groups excluding carboxylic acids is 1. The first-order valence-electron chi connectivity index (χ1n) is 10.8. The van der Waals surface area contributed by atoms with E-state index in [1.54, 1.807) is 24.3 Å². The van der Waals surface area contributed by atoms with Gasteiger partial charge >= 0.3 is 0 Å². The monoisotopic (exact) mass is 415 g/mol. The van der Waals surface area contributed by atoms with Crippen LogP contribution in [0.4, 0.5) is 0 Å². The Labute approximate surface area is 172 Å². The van der Waals surface area contributed by atoms with Crippen LogP contribution in [0.3, 0.4) is 0 Å². The summed E-state index contributed by atoms with van der Waals surface area (Å²) in [7, 11) is -3.53. The van der Waals surface area contributed by atoms with E-state index in [4.69, 9.17) is 0 Å². The molecule has 156 valence electrons. The Morgan fingerprint density at radius 2 is 1.79 bits per heavy atom. The molecule has 4 aliphatic carbocycles. The first kappa shape index (κ1) is 19.1. The van der Waals surface area contributed by atoms with Crippen molar-refractivity contribution in [2.75, 3.05) is 6.54 Å². The highest BCUT2D eigenvalue weighted by molar-refractivity contribution is 7.90. The van der Waals surface area contributed by atoms with Gasteiger partial charge in [-0.2, -0.15) is 0 Å². The van der Waals surface area contributed by atoms with Gasteiger partial charge in [0.2, 0.25) is 5.91 Å². The lowest BCUT2D eigenvalue weighted by molar-refractivity contribution is -0.125. The van der Waals surface area contributed by atoms with Gasteiger partial charge in [-0.1, -0.05) is 12.1 Å². The zero-order valence-corrected chi connectivity index (χ0v) is 17.7. The summed E-state index contributed by atoms with van der Waals surface area (Å²) in [6.45, 7) is 2.45. The molecular formula is C22H29N3O3S. The zero-order valence-electron chi connectivity index (χ0n) is 16.9. The van der Waals surface area contributed by atoms with Crippen LogP contribution in [0.15, 0.2) is 34.2 Å². The second-order valence-corrected chi connectivity index (χ2v) is 11.3. The molecule has 1 aliphatic heterocycles. The largest absolute Gasteiger partial charge is 0.353 e. The molecule has 6 rings (SSSR count). The maximum absolute atomic E-state index is 12.6. The lowest BCUT2D eigenvalue weighted by Gasteiger charge is -2.59. The van der Waals surface area contributed by atoms with E-state index < -0.39 is 10.0 Å². The SMILES string of the molecule is CC(NC(=O)CCN=C1NS(=O)(=O)c2ccccc21)C12CC3CC(CC(C3)C1)C2. The molecule has 7 heteroatoms. The number of hydrogen-bond acceptors (Lipinski definition) is 4. The molecule has 2 N–H and O–H groups in total. The first-order valence-corrected chi connectivity index (χ1v) is 12.3. The number of nitrogens with one attached hydrogen (secondary N) is 2. The van der Waals surface area contributed by atoms with Crippen LogP contribution in [0.5, 0.6) is 0 Å². The summed E-state index contributed by atoms with van der Waals surface area (Å²) in [6, 6.07) is 6.99. The number of rotatable bonds is 5. The Morgan fingerprint density at radius 3 is 2.45 bits per heavy atom. The van der Waals surface area contributed by atoms with Crippen LogP contribution in [-0.4, -0.2) is 32.7 Å². The highest BCUT2D eigenvalue weighted by Crippen LogP contribution is 2.61. The number of sulfonamides is 1. The molecule has 0 saturated heterocycles. The van der Waals surface area contributed by atoms with Gasteiger partial charge in [0.05, 0.1) is 11.4 Å². The van der Waals surface area contributed by atoms with Crippen molar-refractivity contribution in [2.45, 2.75) is 62.8 Å². The van der Waals surface area contributed by atoms with Crippen molar-refractivity contribution in [1.82, 2.24) is 10.0 Å². The summed E-state index contributed by atoms with van der Waals surface area (Å²) in [4.78, 5) is 17.2. The van der Waals surface area contributed by atoms with Gasteiger partial charge in [-0.25, -0.2) is 8.42 Å². The maximum Gasteiger partial charge on any atom is 0.263 e. The lowest BCUT2D eigenvalue weighted by Crippen LogP contribution is -2.55. The average Bonchev–Trinajstić information content (AvgIpc) is 2.91. The quantitative estimate of drug-likeness (QED) is 0.775. The van der Waals surface area contributed by atoms with Crippen LogP contribution in [0.1, 0.15) is 57.4 Å². The zero-order chi connectivity index (χ0) is 20.2. The minimum Gasteiger partial charge on any atom is -0.353 e. The second kappa shape index (κ2) is 6.83. The van der Waals surface area contributed by atoms with Crippen molar-refractivity contribution in [3.8, 4) is 0 Å². The number of aliphatic imine (C=N–C) groups is 1. The molecule has 1 aromatic carbocycles. The molecule has 6 nitrogen and oxygen atoms in total. The van der Waals surface area contributed by atoms with Gasteiger partial charge in [0.1, 0.15) is 5.84 Å². The molecule has 1 aromatic rings. The third-order valence-electron chi connectivity index (χ3n) is 7.65. The van der Waals surface area contributed by atoms with Crippen molar-refractivity contribution in [3.63, 3.8) is 0 Å². The highest BCUT2D eigenvalue weighted by atomic mass is 32.2. The van der Waals surface area contributed by atoms with Crippen LogP contribution >= 0.6 is 0 Å². The molecule has 0 spiro atoms. The number of fused-ring (bicyclic) bond motifs is 1. The highest BCUT2D eigenvalue weighted by Gasteiger charge is 2.53. The van der Waals surface area contributed by atoms with E-state index in [2.05, 4.69) is 22.0 Å². The van der Waals surface area contributed by atoms with E-state index in [1.165, 1.54) is 38.5 Å². The van der Waals surface area contributed by atoms with Gasteiger partial charge in [0.25, 0.3) is 10.0 Å². The Balaban J connectivity index is 1.20. The minimum atomic E-state index is -3.53. The molecule has 4 bridgehead atoms. The predicted molar refractivity (Wildman–Crippen MR) is 111 cm³/mol. The summed E-state index contributed by atoms with van der Waals surface area (Å²) >= 11 is 0. The van der Waals surface area contributed by atoms with Crippen LogP contribution in [0, 0.1) is 23.2 Å². The van der Waals surface area contributed by atoms with E-state index in [0.717, 1.165) is 17.8 Å². The van der Waals surface area contributed by atoms with Crippen LogP contribution in [0.2, 0.25) is 0 Å². The summed E-state index contributed by atoms with van der Waals surface area (Å²) in [5, 5.41) is 3.25. The van der Waals surface area contributed by atoms with Crippen LogP contribution in [-0.2, 0) is 14.8 Å². The van der Waals surface area contributed by atoms with Gasteiger partial charge < -0.3 is 5.32 Å². The smallest absolute Gasteiger partial charge is 0.263 e. The van der Waals surface area contributed by atoms with E-state index in [0.29, 0.717) is 11.4 Å². The van der Waals surface area contributed by atoms with Crippen molar-refractivity contribution in [1.29, 1.82) is 0 Å². The normalized spacial score (nSPS) is 35.9. The molecule has 29 heavy (non-hydrogen) atoms. The molecule has 4 saturated carbocycles. The van der Waals surface area contributed by atoms with Gasteiger partial charge in [-0.3, -0.25) is 14.5 Å². The van der Waals surface area contributed by atoms with Gasteiger partial charge in [0, 0.05) is 18.0 Å². The van der Waals surface area contributed by atoms with Crippen molar-refractivity contribution in [3.05, 3.63) is 29.8 Å². The number of hydrogen-bond donors (Lipinski definition) is 2. The van der Waals surface area contributed by atoms with E-state index >= 15 is 0 Å². The molecule has 0 radical (unpaired) electrons. The number of nitrogens with zero attached hydrogens (tertiary/aromatic N) is 1. The fraction of sp³-hybridized carbons (Fsp3) is 0.636. The fourth-order valence-electron chi connectivity index (χ4n) is 6.70. The van der Waals surface area contributed by atoms with E-state index in [9.17, 15) is 13.2 Å². The topological polar surface area (TPSA) is 87.6 Å². The number of amides is 1. The van der Waals surface area contributed by atoms with Gasteiger partial charge in [-0.15, -0.1) is 0 Å². The summed E-state index contributed by atoms with van der Waals surface area (Å²) in [5.41, 5.74) is 0.867. The van der Waals surface area contributed by atoms with Gasteiger partial charge in [-0.05, 0) is 80.8 Å². The third kappa shape index (κ3) is 3.37. The second-order valence-electron chi connectivity index (χ2n) is 9.65. The maximum atomic E-state index is 12.6. The van der Waals surface area contributed by atoms with Crippen molar-refractivity contribution < 1.29 is 13.2 Å². The molecule has 1 heterocycles. The first-order chi connectivity index (χ1) is 13.8. The number of benzene rings is 1. The fourth-order valence-corrected chi connectivity index (χ4v) is 7.95. The average molecular weight is 416 g/mol. The number of amidine groups is 1.